The van der Waals surface area contributed by atoms with E-state index in [2.05, 4.69) is 25.6 Å². The van der Waals surface area contributed by atoms with E-state index in [1.807, 2.05) is 0 Å². The molecule has 9 heteroatoms. The molecule has 0 radical (unpaired) electrons. The summed E-state index contributed by atoms with van der Waals surface area (Å²) in [6, 6.07) is 6.54. The van der Waals surface area contributed by atoms with Crippen LogP contribution in [0, 0.1) is 5.82 Å². The summed E-state index contributed by atoms with van der Waals surface area (Å²) >= 11 is 7.77. The molecular weight excluding hydrogens is 381 g/mol. The average Bonchev–Trinajstić information content (AvgIpc) is 2.42. The maximum Gasteiger partial charge on any atom is 0.264 e. The molecule has 1 aromatic heterocycles. The minimum atomic E-state index is -3.94. The number of benzene rings is 1. The lowest BCUT2D eigenvalue weighted by Gasteiger charge is -2.11. The number of hydrogen-bond acceptors (Lipinski definition) is 4. The number of nitrogens with zero attached hydrogens (tertiary/aromatic N) is 1. The molecule has 0 saturated heterocycles. The number of sulfonamides is 1. The van der Waals surface area contributed by atoms with Gasteiger partial charge in [0.1, 0.15) is 21.4 Å². The van der Waals surface area contributed by atoms with Crippen molar-refractivity contribution in [2.75, 3.05) is 4.72 Å². The Morgan fingerprint density at radius 1 is 1.38 bits per heavy atom. The Morgan fingerprint density at radius 2 is 2.10 bits per heavy atom. The summed E-state index contributed by atoms with van der Waals surface area (Å²) in [6.07, 6.45) is 1.39. The van der Waals surface area contributed by atoms with E-state index in [4.69, 9.17) is 18.0 Å². The van der Waals surface area contributed by atoms with Gasteiger partial charge in [0.25, 0.3) is 10.0 Å². The maximum absolute atomic E-state index is 13.2. The van der Waals surface area contributed by atoms with Crippen molar-refractivity contribution in [3.8, 4) is 0 Å². The topological polar surface area (TPSA) is 85.1 Å². The molecule has 0 aliphatic heterocycles. The van der Waals surface area contributed by atoms with Gasteiger partial charge in [0, 0.05) is 6.20 Å². The number of pyridine rings is 1. The molecule has 110 valence electrons. The Kier molecular flexibility index (Phi) is 4.55. The molecule has 0 unspecified atom stereocenters. The van der Waals surface area contributed by atoms with Crippen molar-refractivity contribution in [3.05, 3.63) is 52.5 Å². The van der Waals surface area contributed by atoms with Crippen molar-refractivity contribution in [3.63, 3.8) is 0 Å². The molecule has 0 spiro atoms. The molecule has 3 N–H and O–H groups in total. The van der Waals surface area contributed by atoms with Crippen LogP contribution in [-0.4, -0.2) is 18.4 Å². The molecule has 21 heavy (non-hydrogen) atoms. The van der Waals surface area contributed by atoms with E-state index in [1.165, 1.54) is 30.5 Å². The lowest BCUT2D eigenvalue weighted by atomic mass is 10.3. The van der Waals surface area contributed by atoms with Crippen LogP contribution in [0.1, 0.15) is 5.69 Å². The Hall–Kier alpha value is -1.58. The molecule has 2 rings (SSSR count). The molecule has 0 atom stereocenters. The van der Waals surface area contributed by atoms with E-state index in [0.29, 0.717) is 0 Å². The van der Waals surface area contributed by atoms with E-state index in [0.717, 1.165) is 6.07 Å². The molecule has 0 saturated carbocycles. The van der Waals surface area contributed by atoms with Crippen LogP contribution in [0.2, 0.25) is 0 Å². The van der Waals surface area contributed by atoms with E-state index in [-0.39, 0.29) is 25.7 Å². The van der Waals surface area contributed by atoms with E-state index in [9.17, 15) is 12.8 Å². The number of thiocarbonyl (C=S) groups is 1. The lowest BCUT2D eigenvalue weighted by Crippen LogP contribution is -2.21. The van der Waals surface area contributed by atoms with E-state index in [1.54, 1.807) is 0 Å². The molecule has 0 amide bonds. The Balaban J connectivity index is 2.43. The minimum absolute atomic E-state index is 0.00109. The first-order valence-corrected chi connectivity index (χ1v) is 8.22. The average molecular weight is 390 g/mol. The fraction of sp³-hybridized carbons (Fsp3) is 0. The van der Waals surface area contributed by atoms with Crippen molar-refractivity contribution < 1.29 is 12.8 Å². The first-order chi connectivity index (χ1) is 9.81. The standard InChI is InChI=1S/C12H9BrFN3O2S2/c13-8-6-7(3-4-9(8)14)17-21(18,19)10-2-1-5-16-11(10)12(15)20/h1-6,17H,(H2,15,20). The van der Waals surface area contributed by atoms with Gasteiger partial charge in [-0.25, -0.2) is 12.8 Å². The largest absolute Gasteiger partial charge is 0.388 e. The summed E-state index contributed by atoms with van der Waals surface area (Å²) < 4.78 is 40.3. The van der Waals surface area contributed by atoms with Gasteiger partial charge in [-0.3, -0.25) is 9.71 Å². The van der Waals surface area contributed by atoms with Gasteiger partial charge in [-0.15, -0.1) is 0 Å². The Bertz CT molecular complexity index is 812. The number of rotatable bonds is 4. The first kappa shape index (κ1) is 15.8. The number of halogens is 2. The Labute approximate surface area is 134 Å². The summed E-state index contributed by atoms with van der Waals surface area (Å²) in [6.45, 7) is 0. The highest BCUT2D eigenvalue weighted by Crippen LogP contribution is 2.23. The second-order valence-electron chi connectivity index (χ2n) is 3.95. The number of aromatic nitrogens is 1. The molecule has 0 aliphatic rings. The van der Waals surface area contributed by atoms with Crippen LogP contribution >= 0.6 is 28.1 Å². The minimum Gasteiger partial charge on any atom is -0.388 e. The molecule has 1 heterocycles. The monoisotopic (exact) mass is 389 g/mol. The van der Waals surface area contributed by atoms with E-state index < -0.39 is 15.8 Å². The summed E-state index contributed by atoms with van der Waals surface area (Å²) in [4.78, 5) is 3.59. The van der Waals surface area contributed by atoms with Crippen LogP contribution in [0.25, 0.3) is 0 Å². The summed E-state index contributed by atoms with van der Waals surface area (Å²) in [5.41, 5.74) is 5.66. The van der Waals surface area contributed by atoms with Crippen molar-refractivity contribution in [1.82, 2.24) is 4.98 Å². The third-order valence-electron chi connectivity index (χ3n) is 2.47. The van der Waals surface area contributed by atoms with Gasteiger partial charge in [-0.05, 0) is 46.3 Å². The van der Waals surface area contributed by atoms with Crippen LogP contribution in [0.15, 0.2) is 45.9 Å². The van der Waals surface area contributed by atoms with Gasteiger partial charge in [0.05, 0.1) is 10.2 Å². The number of nitrogens with two attached hydrogens (primary N) is 1. The molecular formula is C12H9BrFN3O2S2. The van der Waals surface area contributed by atoms with Crippen LogP contribution < -0.4 is 10.5 Å². The number of anilines is 1. The van der Waals surface area contributed by atoms with Crippen molar-refractivity contribution in [1.29, 1.82) is 0 Å². The SMILES string of the molecule is NC(=S)c1ncccc1S(=O)(=O)Nc1ccc(F)c(Br)c1. The third-order valence-corrected chi connectivity index (χ3v) is 4.68. The maximum atomic E-state index is 13.2. The van der Waals surface area contributed by atoms with Crippen LogP contribution in [0.5, 0.6) is 0 Å². The summed E-state index contributed by atoms with van der Waals surface area (Å²) in [5.74, 6) is -0.497. The van der Waals surface area contributed by atoms with Crippen LogP contribution in [0.3, 0.4) is 0 Å². The fourth-order valence-corrected chi connectivity index (χ4v) is 3.39. The normalized spacial score (nSPS) is 11.1. The van der Waals surface area contributed by atoms with Gasteiger partial charge in [0.15, 0.2) is 0 Å². The molecule has 0 aliphatic carbocycles. The highest BCUT2D eigenvalue weighted by atomic mass is 79.9. The van der Waals surface area contributed by atoms with E-state index >= 15 is 0 Å². The van der Waals surface area contributed by atoms with Crippen molar-refractivity contribution in [2.24, 2.45) is 5.73 Å². The van der Waals surface area contributed by atoms with Gasteiger partial charge in [-0.2, -0.15) is 0 Å². The van der Waals surface area contributed by atoms with Gasteiger partial charge >= 0.3 is 0 Å². The Morgan fingerprint density at radius 3 is 2.71 bits per heavy atom. The second-order valence-corrected chi connectivity index (χ2v) is 6.89. The summed E-state index contributed by atoms with van der Waals surface area (Å²) in [7, 11) is -3.94. The van der Waals surface area contributed by atoms with Crippen molar-refractivity contribution in [2.45, 2.75) is 4.90 Å². The highest BCUT2D eigenvalue weighted by molar-refractivity contribution is 9.10. The second kappa shape index (κ2) is 6.04. The van der Waals surface area contributed by atoms with Crippen LogP contribution in [0.4, 0.5) is 10.1 Å². The first-order valence-electron chi connectivity index (χ1n) is 5.54. The highest BCUT2D eigenvalue weighted by Gasteiger charge is 2.21. The zero-order valence-corrected chi connectivity index (χ0v) is 13.6. The zero-order chi connectivity index (χ0) is 15.6. The molecule has 1 aromatic carbocycles. The smallest absolute Gasteiger partial charge is 0.264 e. The van der Waals surface area contributed by atoms with Gasteiger partial charge < -0.3 is 5.73 Å². The number of nitrogens with one attached hydrogen (secondary N) is 1. The summed E-state index contributed by atoms with van der Waals surface area (Å²) in [5, 5.41) is 0. The quantitative estimate of drug-likeness (QED) is 0.784. The van der Waals surface area contributed by atoms with Crippen molar-refractivity contribution >= 4 is 48.8 Å². The zero-order valence-electron chi connectivity index (χ0n) is 10.4. The molecule has 2 aromatic rings. The van der Waals surface area contributed by atoms with Crippen LogP contribution in [-0.2, 0) is 10.0 Å². The van der Waals surface area contributed by atoms with Gasteiger partial charge in [-0.1, -0.05) is 12.2 Å². The lowest BCUT2D eigenvalue weighted by molar-refractivity contribution is 0.600. The predicted octanol–water partition coefficient (Wildman–Crippen LogP) is 2.42. The molecule has 5 nitrogen and oxygen atoms in total. The van der Waals surface area contributed by atoms with Gasteiger partial charge in [0.2, 0.25) is 0 Å². The predicted molar refractivity (Wildman–Crippen MR) is 85.0 cm³/mol. The fourth-order valence-electron chi connectivity index (χ4n) is 1.56. The molecule has 0 bridgehead atoms. The third kappa shape index (κ3) is 3.55. The molecule has 0 fully saturated rings. The number of hydrogen-bond donors (Lipinski definition) is 2.